The molecule has 1 fully saturated rings. The Labute approximate surface area is 93.7 Å². The predicted molar refractivity (Wildman–Crippen MR) is 60.4 cm³/mol. The van der Waals surface area contributed by atoms with E-state index < -0.39 is 0 Å². The SMILES string of the molecule is Cc1nc(N2CCCCC2)c(C#N)c(=O)[nH]1. The van der Waals surface area contributed by atoms with Crippen LogP contribution in [0, 0.1) is 18.3 Å². The van der Waals surface area contributed by atoms with Gasteiger partial charge in [-0.1, -0.05) is 0 Å². The van der Waals surface area contributed by atoms with E-state index in [4.69, 9.17) is 5.26 Å². The van der Waals surface area contributed by atoms with Crippen molar-refractivity contribution in [3.05, 3.63) is 21.7 Å². The van der Waals surface area contributed by atoms with Gasteiger partial charge >= 0.3 is 0 Å². The molecule has 0 radical (unpaired) electrons. The molecular formula is C11H14N4O. The second-order valence-corrected chi connectivity index (χ2v) is 4.01. The molecule has 2 rings (SSSR count). The summed E-state index contributed by atoms with van der Waals surface area (Å²) in [4.78, 5) is 20.5. The van der Waals surface area contributed by atoms with E-state index >= 15 is 0 Å². The zero-order valence-electron chi connectivity index (χ0n) is 9.29. The van der Waals surface area contributed by atoms with Crippen molar-refractivity contribution in [3.8, 4) is 6.07 Å². The summed E-state index contributed by atoms with van der Waals surface area (Å²) in [6, 6.07) is 1.94. The summed E-state index contributed by atoms with van der Waals surface area (Å²) >= 11 is 0. The maximum absolute atomic E-state index is 11.6. The minimum atomic E-state index is -0.337. The number of nitriles is 1. The first kappa shape index (κ1) is 10.7. The van der Waals surface area contributed by atoms with E-state index in [1.807, 2.05) is 11.0 Å². The monoisotopic (exact) mass is 218 g/mol. The summed E-state index contributed by atoms with van der Waals surface area (Å²) in [5.74, 6) is 1.10. The van der Waals surface area contributed by atoms with Gasteiger partial charge in [0, 0.05) is 13.1 Å². The van der Waals surface area contributed by atoms with Gasteiger partial charge in [0.25, 0.3) is 5.56 Å². The number of anilines is 1. The number of rotatable bonds is 1. The van der Waals surface area contributed by atoms with Crippen LogP contribution < -0.4 is 10.5 Å². The fraction of sp³-hybridized carbons (Fsp3) is 0.545. The van der Waals surface area contributed by atoms with E-state index in [2.05, 4.69) is 9.97 Å². The molecule has 1 aromatic rings. The second kappa shape index (κ2) is 4.35. The average molecular weight is 218 g/mol. The standard InChI is InChI=1S/C11H14N4O/c1-8-13-10(9(7-12)11(16)14-8)15-5-3-2-4-6-15/h2-6H2,1H3,(H,13,14,16). The molecule has 0 atom stereocenters. The highest BCUT2D eigenvalue weighted by atomic mass is 16.1. The van der Waals surface area contributed by atoms with Crippen LogP contribution in [0.5, 0.6) is 0 Å². The Morgan fingerprint density at radius 3 is 2.69 bits per heavy atom. The predicted octanol–water partition coefficient (Wildman–Crippen LogP) is 0.940. The third-order valence-electron chi connectivity index (χ3n) is 2.79. The van der Waals surface area contributed by atoms with Gasteiger partial charge in [0.05, 0.1) is 0 Å². The molecule has 2 heterocycles. The second-order valence-electron chi connectivity index (χ2n) is 4.01. The maximum Gasteiger partial charge on any atom is 0.271 e. The molecule has 16 heavy (non-hydrogen) atoms. The third-order valence-corrected chi connectivity index (χ3v) is 2.79. The van der Waals surface area contributed by atoms with Gasteiger partial charge in [-0.25, -0.2) is 4.98 Å². The van der Waals surface area contributed by atoms with Crippen molar-refractivity contribution in [2.24, 2.45) is 0 Å². The Morgan fingerprint density at radius 1 is 1.38 bits per heavy atom. The molecule has 0 amide bonds. The van der Waals surface area contributed by atoms with E-state index in [9.17, 15) is 4.79 Å². The van der Waals surface area contributed by atoms with E-state index in [1.165, 1.54) is 6.42 Å². The zero-order chi connectivity index (χ0) is 11.5. The zero-order valence-corrected chi connectivity index (χ0v) is 9.29. The van der Waals surface area contributed by atoms with Crippen LogP contribution in [-0.4, -0.2) is 23.1 Å². The number of hydrogen-bond acceptors (Lipinski definition) is 4. The molecule has 1 N–H and O–H groups in total. The molecule has 0 bridgehead atoms. The minimum Gasteiger partial charge on any atom is -0.355 e. The first-order valence-corrected chi connectivity index (χ1v) is 5.48. The molecule has 5 nitrogen and oxygen atoms in total. The molecule has 0 spiro atoms. The molecular weight excluding hydrogens is 204 g/mol. The summed E-state index contributed by atoms with van der Waals surface area (Å²) in [6.45, 7) is 3.49. The first-order chi connectivity index (χ1) is 7.72. The summed E-state index contributed by atoms with van der Waals surface area (Å²) in [5, 5.41) is 8.98. The molecule has 1 aromatic heterocycles. The molecule has 0 aromatic carbocycles. The van der Waals surface area contributed by atoms with Gasteiger partial charge in [-0.3, -0.25) is 4.79 Å². The minimum absolute atomic E-state index is 0.132. The number of H-pyrrole nitrogens is 1. The Balaban J connectivity index is 2.46. The third kappa shape index (κ3) is 1.91. The van der Waals surface area contributed by atoms with Crippen molar-refractivity contribution in [3.63, 3.8) is 0 Å². The molecule has 0 unspecified atom stereocenters. The van der Waals surface area contributed by atoms with Crippen molar-refractivity contribution in [1.82, 2.24) is 9.97 Å². The van der Waals surface area contributed by atoms with Crippen molar-refractivity contribution < 1.29 is 0 Å². The summed E-state index contributed by atoms with van der Waals surface area (Å²) < 4.78 is 0. The lowest BCUT2D eigenvalue weighted by atomic mass is 10.1. The number of hydrogen-bond donors (Lipinski definition) is 1. The van der Waals surface area contributed by atoms with Gasteiger partial charge in [0.2, 0.25) is 0 Å². The number of piperidine rings is 1. The highest BCUT2D eigenvalue weighted by molar-refractivity contribution is 5.52. The normalized spacial score (nSPS) is 15.9. The van der Waals surface area contributed by atoms with Crippen LogP contribution in [0.3, 0.4) is 0 Å². The van der Waals surface area contributed by atoms with E-state index in [1.54, 1.807) is 6.92 Å². The molecule has 1 aliphatic rings. The van der Waals surface area contributed by atoms with Crippen molar-refractivity contribution in [1.29, 1.82) is 5.26 Å². The van der Waals surface area contributed by atoms with Crippen molar-refractivity contribution >= 4 is 5.82 Å². The van der Waals surface area contributed by atoms with E-state index in [0.717, 1.165) is 25.9 Å². The highest BCUT2D eigenvalue weighted by Crippen LogP contribution is 2.19. The van der Waals surface area contributed by atoms with Gasteiger partial charge in [-0.05, 0) is 26.2 Å². The summed E-state index contributed by atoms with van der Waals surface area (Å²) in [6.07, 6.45) is 3.40. The Morgan fingerprint density at radius 2 is 2.06 bits per heavy atom. The number of aromatic amines is 1. The molecule has 5 heteroatoms. The average Bonchev–Trinajstić information content (AvgIpc) is 2.29. The Hall–Kier alpha value is -1.83. The van der Waals surface area contributed by atoms with Gasteiger partial charge in [0.15, 0.2) is 11.4 Å². The number of aryl methyl sites for hydroxylation is 1. The van der Waals surface area contributed by atoms with Crippen LogP contribution in [0.25, 0.3) is 0 Å². The molecule has 1 saturated heterocycles. The molecule has 84 valence electrons. The fourth-order valence-electron chi connectivity index (χ4n) is 2.01. The smallest absolute Gasteiger partial charge is 0.271 e. The van der Waals surface area contributed by atoms with E-state index in [-0.39, 0.29) is 11.1 Å². The van der Waals surface area contributed by atoms with Crippen LogP contribution in [0.2, 0.25) is 0 Å². The maximum atomic E-state index is 11.6. The topological polar surface area (TPSA) is 72.8 Å². The van der Waals surface area contributed by atoms with Crippen LogP contribution in [0.4, 0.5) is 5.82 Å². The Kier molecular flexibility index (Phi) is 2.91. The van der Waals surface area contributed by atoms with Crippen molar-refractivity contribution in [2.75, 3.05) is 18.0 Å². The van der Waals surface area contributed by atoms with E-state index in [0.29, 0.717) is 11.6 Å². The lowest BCUT2D eigenvalue weighted by molar-refractivity contribution is 0.571. The fourth-order valence-corrected chi connectivity index (χ4v) is 2.01. The number of aromatic nitrogens is 2. The van der Waals surface area contributed by atoms with Gasteiger partial charge in [-0.15, -0.1) is 0 Å². The van der Waals surface area contributed by atoms with Gasteiger partial charge in [-0.2, -0.15) is 5.26 Å². The Bertz CT molecular complexity index is 480. The number of nitrogens with zero attached hydrogens (tertiary/aromatic N) is 3. The van der Waals surface area contributed by atoms with Crippen LogP contribution >= 0.6 is 0 Å². The van der Waals surface area contributed by atoms with Gasteiger partial charge < -0.3 is 9.88 Å². The first-order valence-electron chi connectivity index (χ1n) is 5.48. The molecule has 0 saturated carbocycles. The van der Waals surface area contributed by atoms with Crippen LogP contribution in [-0.2, 0) is 0 Å². The molecule has 0 aliphatic carbocycles. The quantitative estimate of drug-likeness (QED) is 0.761. The summed E-state index contributed by atoms with van der Waals surface area (Å²) in [7, 11) is 0. The lowest BCUT2D eigenvalue weighted by Crippen LogP contribution is -2.33. The summed E-state index contributed by atoms with van der Waals surface area (Å²) in [5.41, 5.74) is -0.205. The van der Waals surface area contributed by atoms with Crippen LogP contribution in [0.15, 0.2) is 4.79 Å². The highest BCUT2D eigenvalue weighted by Gasteiger charge is 2.18. The van der Waals surface area contributed by atoms with Crippen molar-refractivity contribution in [2.45, 2.75) is 26.2 Å². The van der Waals surface area contributed by atoms with Crippen LogP contribution in [0.1, 0.15) is 30.7 Å². The largest absolute Gasteiger partial charge is 0.355 e. The molecule has 1 aliphatic heterocycles. The van der Waals surface area contributed by atoms with Gasteiger partial charge in [0.1, 0.15) is 11.9 Å². The lowest BCUT2D eigenvalue weighted by Gasteiger charge is -2.28. The number of nitrogens with one attached hydrogen (secondary N) is 1.